The van der Waals surface area contributed by atoms with Gasteiger partial charge in [-0.25, -0.2) is 0 Å². The van der Waals surface area contributed by atoms with Crippen LogP contribution in [0.25, 0.3) is 22.2 Å². The summed E-state index contributed by atoms with van der Waals surface area (Å²) >= 11 is 0. The van der Waals surface area contributed by atoms with E-state index in [1.165, 1.54) is 0 Å². The Hall–Kier alpha value is -3.54. The summed E-state index contributed by atoms with van der Waals surface area (Å²) in [5.74, 6) is 1.26. The molecule has 2 aromatic carbocycles. The van der Waals surface area contributed by atoms with Crippen molar-refractivity contribution in [3.63, 3.8) is 0 Å². The second-order valence-corrected chi connectivity index (χ2v) is 5.84. The van der Waals surface area contributed by atoms with Crippen LogP contribution in [0.5, 0.6) is 5.75 Å². The first kappa shape index (κ1) is 16.0. The Balaban J connectivity index is 1.45. The lowest BCUT2D eigenvalue weighted by Crippen LogP contribution is -2.22. The standard InChI is InChI=1S/C20H17N3O3/c1-25-15-8-6-13(7-9-15)19-10-14(23-26-19)11-22-20(24)17-12-21-18-5-3-2-4-16(17)18/h2-10,12,21H,11H2,1H3,(H,22,24). The van der Waals surface area contributed by atoms with Crippen molar-refractivity contribution in [1.29, 1.82) is 0 Å². The normalized spacial score (nSPS) is 10.8. The average molecular weight is 347 g/mol. The molecule has 0 aliphatic carbocycles. The van der Waals surface area contributed by atoms with Gasteiger partial charge in [0, 0.05) is 28.7 Å². The van der Waals surface area contributed by atoms with Crippen LogP contribution in [0.3, 0.4) is 0 Å². The van der Waals surface area contributed by atoms with Gasteiger partial charge in [0.15, 0.2) is 5.76 Å². The first-order chi connectivity index (χ1) is 12.7. The number of amides is 1. The monoisotopic (exact) mass is 347 g/mol. The predicted molar refractivity (Wildman–Crippen MR) is 98.0 cm³/mol. The van der Waals surface area contributed by atoms with Gasteiger partial charge in [-0.05, 0) is 30.3 Å². The van der Waals surface area contributed by atoms with Gasteiger partial charge >= 0.3 is 0 Å². The van der Waals surface area contributed by atoms with Crippen LogP contribution in [0.4, 0.5) is 0 Å². The van der Waals surface area contributed by atoms with Crippen LogP contribution in [0.15, 0.2) is 65.3 Å². The Bertz CT molecular complexity index is 1050. The minimum atomic E-state index is -0.156. The van der Waals surface area contributed by atoms with E-state index in [9.17, 15) is 4.79 Å². The molecule has 6 nitrogen and oxygen atoms in total. The molecule has 0 bridgehead atoms. The Kier molecular flexibility index (Phi) is 4.15. The number of fused-ring (bicyclic) bond motifs is 1. The summed E-state index contributed by atoms with van der Waals surface area (Å²) in [5.41, 5.74) is 3.09. The number of ether oxygens (including phenoxy) is 1. The highest BCUT2D eigenvalue weighted by atomic mass is 16.5. The summed E-state index contributed by atoms with van der Waals surface area (Å²) in [6, 6.07) is 17.0. The number of benzene rings is 2. The van der Waals surface area contributed by atoms with E-state index in [1.807, 2.05) is 54.6 Å². The highest BCUT2D eigenvalue weighted by Crippen LogP contribution is 2.23. The summed E-state index contributed by atoms with van der Waals surface area (Å²) in [6.07, 6.45) is 1.71. The van der Waals surface area contributed by atoms with Crippen molar-refractivity contribution in [2.45, 2.75) is 6.54 Å². The number of carbonyl (C=O) groups excluding carboxylic acids is 1. The van der Waals surface area contributed by atoms with E-state index in [0.29, 0.717) is 17.0 Å². The van der Waals surface area contributed by atoms with E-state index in [0.717, 1.165) is 22.2 Å². The van der Waals surface area contributed by atoms with Crippen LogP contribution in [-0.2, 0) is 6.54 Å². The summed E-state index contributed by atoms with van der Waals surface area (Å²) < 4.78 is 10.5. The number of nitrogens with one attached hydrogen (secondary N) is 2. The molecule has 0 saturated carbocycles. The van der Waals surface area contributed by atoms with Crippen molar-refractivity contribution < 1.29 is 14.1 Å². The molecule has 0 aliphatic rings. The first-order valence-corrected chi connectivity index (χ1v) is 8.19. The number of aromatic nitrogens is 2. The topological polar surface area (TPSA) is 80.1 Å². The fourth-order valence-corrected chi connectivity index (χ4v) is 2.81. The number of aromatic amines is 1. The second kappa shape index (κ2) is 6.76. The summed E-state index contributed by atoms with van der Waals surface area (Å²) in [7, 11) is 1.62. The van der Waals surface area contributed by atoms with Gasteiger partial charge < -0.3 is 19.6 Å². The molecule has 0 unspecified atom stereocenters. The number of nitrogens with zero attached hydrogens (tertiary/aromatic N) is 1. The van der Waals surface area contributed by atoms with Crippen LogP contribution < -0.4 is 10.1 Å². The van der Waals surface area contributed by atoms with E-state index >= 15 is 0 Å². The maximum atomic E-state index is 12.4. The van der Waals surface area contributed by atoms with Crippen LogP contribution in [0, 0.1) is 0 Å². The lowest BCUT2D eigenvalue weighted by atomic mass is 10.1. The van der Waals surface area contributed by atoms with Crippen LogP contribution in [0.1, 0.15) is 16.1 Å². The van der Waals surface area contributed by atoms with E-state index in [-0.39, 0.29) is 12.5 Å². The fraction of sp³-hybridized carbons (Fsp3) is 0.100. The molecule has 2 heterocycles. The maximum Gasteiger partial charge on any atom is 0.253 e. The molecular weight excluding hydrogens is 330 g/mol. The van der Waals surface area contributed by atoms with Crippen molar-refractivity contribution in [3.05, 3.63) is 72.1 Å². The number of H-pyrrole nitrogens is 1. The lowest BCUT2D eigenvalue weighted by Gasteiger charge is -2.01. The van der Waals surface area contributed by atoms with Gasteiger partial charge in [0.25, 0.3) is 5.91 Å². The molecule has 0 atom stereocenters. The Morgan fingerprint density at radius 1 is 1.19 bits per heavy atom. The van der Waals surface area contributed by atoms with E-state index < -0.39 is 0 Å². The van der Waals surface area contributed by atoms with Gasteiger partial charge in [-0.2, -0.15) is 0 Å². The zero-order chi connectivity index (χ0) is 17.9. The number of methoxy groups -OCH3 is 1. The third-order valence-electron chi connectivity index (χ3n) is 4.20. The molecule has 2 N–H and O–H groups in total. The zero-order valence-electron chi connectivity index (χ0n) is 14.2. The molecule has 6 heteroatoms. The molecule has 0 spiro atoms. The summed E-state index contributed by atoms with van der Waals surface area (Å²) in [6.45, 7) is 0.290. The van der Waals surface area contributed by atoms with E-state index in [2.05, 4.69) is 15.5 Å². The zero-order valence-corrected chi connectivity index (χ0v) is 14.2. The Morgan fingerprint density at radius 3 is 2.81 bits per heavy atom. The average Bonchev–Trinajstić information content (AvgIpc) is 3.33. The molecule has 0 fully saturated rings. The molecule has 0 radical (unpaired) electrons. The molecule has 2 aromatic heterocycles. The van der Waals surface area contributed by atoms with Crippen LogP contribution >= 0.6 is 0 Å². The van der Waals surface area contributed by atoms with Gasteiger partial charge in [0.05, 0.1) is 19.2 Å². The Labute approximate surface area is 149 Å². The summed E-state index contributed by atoms with van der Waals surface area (Å²) in [5, 5.41) is 7.79. The fourth-order valence-electron chi connectivity index (χ4n) is 2.81. The first-order valence-electron chi connectivity index (χ1n) is 8.19. The van der Waals surface area contributed by atoms with Crippen LogP contribution in [0.2, 0.25) is 0 Å². The van der Waals surface area contributed by atoms with E-state index in [4.69, 9.17) is 9.26 Å². The predicted octanol–water partition coefficient (Wildman–Crippen LogP) is 3.76. The molecular formula is C20H17N3O3. The lowest BCUT2D eigenvalue weighted by molar-refractivity contribution is 0.0952. The third-order valence-corrected chi connectivity index (χ3v) is 4.20. The maximum absolute atomic E-state index is 12.4. The number of hydrogen-bond acceptors (Lipinski definition) is 4. The Morgan fingerprint density at radius 2 is 2.00 bits per heavy atom. The molecule has 0 aliphatic heterocycles. The largest absolute Gasteiger partial charge is 0.497 e. The second-order valence-electron chi connectivity index (χ2n) is 5.84. The minimum absolute atomic E-state index is 0.156. The van der Waals surface area contributed by atoms with Crippen LogP contribution in [-0.4, -0.2) is 23.2 Å². The van der Waals surface area contributed by atoms with Crippen molar-refractivity contribution in [2.24, 2.45) is 0 Å². The highest BCUT2D eigenvalue weighted by Gasteiger charge is 2.13. The highest BCUT2D eigenvalue weighted by molar-refractivity contribution is 6.06. The van der Waals surface area contributed by atoms with E-state index in [1.54, 1.807) is 13.3 Å². The molecule has 1 amide bonds. The quantitative estimate of drug-likeness (QED) is 0.576. The number of carbonyl (C=O) groups is 1. The van der Waals surface area contributed by atoms with Gasteiger partial charge in [-0.15, -0.1) is 0 Å². The molecule has 4 aromatic rings. The van der Waals surface area contributed by atoms with Crippen molar-refractivity contribution in [1.82, 2.24) is 15.5 Å². The van der Waals surface area contributed by atoms with Crippen molar-refractivity contribution in [3.8, 4) is 17.1 Å². The molecule has 0 saturated heterocycles. The summed E-state index contributed by atoms with van der Waals surface area (Å²) in [4.78, 5) is 15.5. The molecule has 4 rings (SSSR count). The van der Waals surface area contributed by atoms with Gasteiger partial charge in [-0.3, -0.25) is 4.79 Å². The van der Waals surface area contributed by atoms with Gasteiger partial charge in [0.2, 0.25) is 0 Å². The van der Waals surface area contributed by atoms with Crippen molar-refractivity contribution >= 4 is 16.8 Å². The number of hydrogen-bond donors (Lipinski definition) is 2. The smallest absolute Gasteiger partial charge is 0.253 e. The third kappa shape index (κ3) is 3.04. The molecule has 26 heavy (non-hydrogen) atoms. The SMILES string of the molecule is COc1ccc(-c2cc(CNC(=O)c3c[nH]c4ccccc34)no2)cc1. The number of rotatable bonds is 5. The molecule has 130 valence electrons. The van der Waals surface area contributed by atoms with Gasteiger partial charge in [-0.1, -0.05) is 23.4 Å². The van der Waals surface area contributed by atoms with Crippen molar-refractivity contribution in [2.75, 3.05) is 7.11 Å². The minimum Gasteiger partial charge on any atom is -0.497 e. The number of para-hydroxylation sites is 1. The van der Waals surface area contributed by atoms with Gasteiger partial charge in [0.1, 0.15) is 11.4 Å².